The highest BCUT2D eigenvalue weighted by Gasteiger charge is 2.52. The molecule has 0 saturated heterocycles. The first-order valence-corrected chi connectivity index (χ1v) is 15.7. The van der Waals surface area contributed by atoms with E-state index in [1.165, 1.54) is 16.7 Å². The van der Waals surface area contributed by atoms with Crippen molar-refractivity contribution in [3.63, 3.8) is 0 Å². The Morgan fingerprint density at radius 2 is 1.14 bits per heavy atom. The number of allylic oxidation sites excluding steroid dienone is 19. The van der Waals surface area contributed by atoms with E-state index >= 15 is 0 Å². The molecule has 0 spiro atoms. The van der Waals surface area contributed by atoms with Crippen LogP contribution in [0.5, 0.6) is 0 Å². The van der Waals surface area contributed by atoms with Gasteiger partial charge in [0.25, 0.3) is 0 Å². The molecule has 2 aliphatic carbocycles. The highest BCUT2D eigenvalue weighted by Crippen LogP contribution is 2.53. The maximum Gasteiger partial charge on any atom is 0.162 e. The van der Waals surface area contributed by atoms with Gasteiger partial charge in [0.15, 0.2) is 5.78 Å². The molecule has 2 aliphatic rings. The van der Waals surface area contributed by atoms with Crippen LogP contribution in [0.1, 0.15) is 94.9 Å². The first-order chi connectivity index (χ1) is 20.0. The highest BCUT2D eigenvalue weighted by molar-refractivity contribution is 5.95. The van der Waals surface area contributed by atoms with Gasteiger partial charge in [-0.2, -0.15) is 0 Å². The molecule has 3 nitrogen and oxygen atoms in total. The summed E-state index contributed by atoms with van der Waals surface area (Å²) in [4.78, 5) is 12.9. The van der Waals surface area contributed by atoms with E-state index in [1.54, 1.807) is 6.08 Å². The van der Waals surface area contributed by atoms with Gasteiger partial charge in [0.1, 0.15) is 0 Å². The minimum Gasteiger partial charge on any atom is -0.393 e. The number of hydrogen-bond acceptors (Lipinski definition) is 3. The van der Waals surface area contributed by atoms with Gasteiger partial charge in [-0.1, -0.05) is 141 Å². The number of carbonyl (C=O) groups excluding carboxylic acids is 1. The van der Waals surface area contributed by atoms with Crippen LogP contribution < -0.4 is 0 Å². The molecule has 0 heterocycles. The number of aliphatic hydroxyl groups excluding tert-OH is 2. The second-order valence-electron chi connectivity index (χ2n) is 14.2. The lowest BCUT2D eigenvalue weighted by Crippen LogP contribution is -2.36. The Hall–Kier alpha value is -3.01. The van der Waals surface area contributed by atoms with E-state index < -0.39 is 11.5 Å². The van der Waals surface area contributed by atoms with Crippen molar-refractivity contribution < 1.29 is 15.0 Å². The molecule has 2 N–H and O–H groups in total. The molecule has 0 amide bonds. The summed E-state index contributed by atoms with van der Waals surface area (Å²) in [6, 6.07) is 0. The Morgan fingerprint density at radius 3 is 1.63 bits per heavy atom. The second-order valence-corrected chi connectivity index (χ2v) is 14.2. The topological polar surface area (TPSA) is 57.5 Å². The molecule has 3 heteroatoms. The summed E-state index contributed by atoms with van der Waals surface area (Å²) in [5.74, 6) is 0.0853. The maximum absolute atomic E-state index is 12.9. The van der Waals surface area contributed by atoms with Crippen molar-refractivity contribution in [3.8, 4) is 0 Å². The Balaban J connectivity index is 1.89. The average molecular weight is 585 g/mol. The largest absolute Gasteiger partial charge is 0.393 e. The van der Waals surface area contributed by atoms with Crippen LogP contribution in [0.2, 0.25) is 0 Å². The molecule has 0 aromatic heterocycles. The van der Waals surface area contributed by atoms with E-state index in [0.29, 0.717) is 12.8 Å². The summed E-state index contributed by atoms with van der Waals surface area (Å²) in [5, 5.41) is 20.2. The zero-order valence-electron chi connectivity index (χ0n) is 28.4. The summed E-state index contributed by atoms with van der Waals surface area (Å²) < 4.78 is 0. The van der Waals surface area contributed by atoms with Gasteiger partial charge in [-0.3, -0.25) is 4.79 Å². The zero-order valence-corrected chi connectivity index (χ0v) is 28.4. The number of ketones is 1. The summed E-state index contributed by atoms with van der Waals surface area (Å²) in [7, 11) is 0. The van der Waals surface area contributed by atoms with E-state index in [4.69, 9.17) is 0 Å². The Bertz CT molecular complexity index is 1310. The van der Waals surface area contributed by atoms with Gasteiger partial charge in [-0.15, -0.1) is 0 Å². The van der Waals surface area contributed by atoms with E-state index in [-0.39, 0.29) is 22.7 Å². The average Bonchev–Trinajstić information content (AvgIpc) is 3.10. The van der Waals surface area contributed by atoms with Crippen molar-refractivity contribution in [1.82, 2.24) is 0 Å². The molecule has 2 rings (SSSR count). The maximum atomic E-state index is 12.9. The van der Waals surface area contributed by atoms with E-state index in [0.717, 1.165) is 29.6 Å². The summed E-state index contributed by atoms with van der Waals surface area (Å²) in [6.07, 6.45) is 30.6. The lowest BCUT2D eigenvalue weighted by Gasteiger charge is -2.35. The van der Waals surface area contributed by atoms with Gasteiger partial charge in [0, 0.05) is 5.41 Å². The molecule has 1 fully saturated rings. The number of rotatable bonds is 11. The van der Waals surface area contributed by atoms with Gasteiger partial charge in [0.05, 0.1) is 12.2 Å². The van der Waals surface area contributed by atoms with Crippen LogP contribution in [-0.2, 0) is 4.79 Å². The van der Waals surface area contributed by atoms with Crippen LogP contribution in [0.15, 0.2) is 119 Å². The van der Waals surface area contributed by atoms with Crippen LogP contribution in [0, 0.1) is 16.2 Å². The minimum atomic E-state index is -0.532. The van der Waals surface area contributed by atoms with Crippen molar-refractivity contribution in [2.75, 3.05) is 0 Å². The predicted octanol–water partition coefficient (Wildman–Crippen LogP) is 9.81. The number of carbonyl (C=O) groups is 1. The van der Waals surface area contributed by atoms with E-state index in [9.17, 15) is 15.0 Å². The summed E-state index contributed by atoms with van der Waals surface area (Å²) in [6.45, 7) is 20.9. The van der Waals surface area contributed by atoms with E-state index in [2.05, 4.69) is 97.9 Å². The zero-order chi connectivity index (χ0) is 32.4. The number of aliphatic hydroxyl groups is 2. The van der Waals surface area contributed by atoms with Crippen molar-refractivity contribution in [3.05, 3.63) is 119 Å². The third-order valence-corrected chi connectivity index (χ3v) is 9.18. The van der Waals surface area contributed by atoms with Crippen LogP contribution in [0.25, 0.3) is 0 Å². The quantitative estimate of drug-likeness (QED) is 0.188. The molecule has 0 aromatic rings. The van der Waals surface area contributed by atoms with Crippen molar-refractivity contribution in [1.29, 1.82) is 0 Å². The predicted molar refractivity (Wildman–Crippen MR) is 185 cm³/mol. The fraction of sp³-hybridized carbons (Fsp3) is 0.475. The minimum absolute atomic E-state index is 0.00528. The molecule has 1 saturated carbocycles. The molecular formula is C40H56O3. The Kier molecular flexibility index (Phi) is 13.2. The van der Waals surface area contributed by atoms with Gasteiger partial charge >= 0.3 is 0 Å². The first kappa shape index (κ1) is 36.2. The fourth-order valence-corrected chi connectivity index (χ4v) is 6.19. The Labute approximate surface area is 262 Å². The third kappa shape index (κ3) is 10.9. The van der Waals surface area contributed by atoms with Crippen molar-refractivity contribution in [2.45, 2.75) is 107 Å². The van der Waals surface area contributed by atoms with Crippen LogP contribution >= 0.6 is 0 Å². The normalized spacial score (nSPS) is 27.7. The van der Waals surface area contributed by atoms with Gasteiger partial charge < -0.3 is 10.2 Å². The molecule has 0 aliphatic heterocycles. The van der Waals surface area contributed by atoms with Gasteiger partial charge in [-0.05, 0) is 82.8 Å². The fourth-order valence-electron chi connectivity index (χ4n) is 6.19. The standard InChI is InChI=1S/C40H56O3/c1-29(17-13-19-31(3)21-23-36-33(5)25-34(41)26-38(36,6)7)15-11-12-16-30(2)18-14-20-32(4)22-24-37(43)40(10)28-35(42)27-39(40,8)9/h11-24,34-35,41-42H,25-28H2,1-10H3/b12-11?,17-13?,18-14+,23-21?,24-22+,29-15?,30-16?,31-19?,32-20+/t34-,35+,40+/m1/s1. The summed E-state index contributed by atoms with van der Waals surface area (Å²) >= 11 is 0. The lowest BCUT2D eigenvalue weighted by atomic mass is 9.66. The van der Waals surface area contributed by atoms with Crippen LogP contribution in [-0.4, -0.2) is 28.2 Å². The highest BCUT2D eigenvalue weighted by atomic mass is 16.3. The molecule has 3 atom stereocenters. The van der Waals surface area contributed by atoms with Crippen molar-refractivity contribution >= 4 is 5.78 Å². The molecule has 0 bridgehead atoms. The molecule has 0 radical (unpaired) electrons. The van der Waals surface area contributed by atoms with Crippen molar-refractivity contribution in [2.24, 2.45) is 16.2 Å². The monoisotopic (exact) mass is 584 g/mol. The molecule has 0 aromatic carbocycles. The SMILES string of the molecule is CC(C=CC=C(C)C=CC1=C(C)C[C@@H](O)CC1(C)C)=CC=CC=C(C)/C=C/C=C(C)/C=C/C(=O)[C@]1(C)C[C@@H](O)CC1(C)C. The molecule has 43 heavy (non-hydrogen) atoms. The Morgan fingerprint density at radius 1 is 0.651 bits per heavy atom. The molecular weight excluding hydrogens is 528 g/mol. The smallest absolute Gasteiger partial charge is 0.162 e. The van der Waals surface area contributed by atoms with Crippen LogP contribution in [0.3, 0.4) is 0 Å². The van der Waals surface area contributed by atoms with E-state index in [1.807, 2.05) is 50.3 Å². The van der Waals surface area contributed by atoms with Gasteiger partial charge in [-0.25, -0.2) is 0 Å². The van der Waals surface area contributed by atoms with Crippen LogP contribution in [0.4, 0.5) is 0 Å². The molecule has 0 unspecified atom stereocenters. The summed E-state index contributed by atoms with van der Waals surface area (Å²) in [5.41, 5.74) is 6.34. The second kappa shape index (κ2) is 15.6. The first-order valence-electron chi connectivity index (χ1n) is 15.7. The van der Waals surface area contributed by atoms with Gasteiger partial charge in [0.2, 0.25) is 0 Å². The number of hydrogen-bond donors (Lipinski definition) is 2. The third-order valence-electron chi connectivity index (χ3n) is 9.18. The molecule has 234 valence electrons. The lowest BCUT2D eigenvalue weighted by molar-refractivity contribution is -0.127.